The normalized spacial score (nSPS) is 5.00. The topological polar surface area (TPSA) is 0 Å². The maximum atomic E-state index is 4.55. The van der Waals surface area contributed by atoms with Gasteiger partial charge in [0.15, 0.2) is 0 Å². The molecule has 0 fully saturated rings. The van der Waals surface area contributed by atoms with Crippen molar-refractivity contribution in [3.63, 3.8) is 0 Å². The molecule has 0 rings (SSSR count). The van der Waals surface area contributed by atoms with Crippen molar-refractivity contribution in [1.29, 1.82) is 0 Å². The third-order valence-corrected chi connectivity index (χ3v) is 0.612. The summed E-state index contributed by atoms with van der Waals surface area (Å²) in [5.41, 5.74) is 0. The maximum absolute atomic E-state index is 4.55. The van der Waals surface area contributed by atoms with Gasteiger partial charge >= 0.3 is 46.9 Å². The summed E-state index contributed by atoms with van der Waals surface area (Å²) in [5.74, 6) is 0.903. The van der Waals surface area contributed by atoms with Crippen molar-refractivity contribution >= 4 is 12.6 Å². The van der Waals surface area contributed by atoms with Crippen LogP contribution in [0.3, 0.4) is 0 Å². The van der Waals surface area contributed by atoms with Crippen molar-refractivity contribution in [2.24, 2.45) is 0 Å². The molecule has 0 N–H and O–H groups in total. The van der Waals surface area contributed by atoms with Gasteiger partial charge in [0.05, 0.1) is 0 Å². The van der Waals surface area contributed by atoms with Crippen molar-refractivity contribution in [3.8, 4) is 0 Å². The Kier molecular flexibility index (Phi) is 41.3. The Morgan fingerprint density at radius 2 is 1.67 bits per heavy atom. The zero-order chi connectivity index (χ0) is 3.41. The van der Waals surface area contributed by atoms with Gasteiger partial charge in [0, 0.05) is 0 Å². The van der Waals surface area contributed by atoms with E-state index in [1.54, 1.807) is 0 Å². The SMILES string of the molecule is CCC[S-].[CH3-].[Yb+2]. The summed E-state index contributed by atoms with van der Waals surface area (Å²) in [6, 6.07) is 0. The van der Waals surface area contributed by atoms with E-state index < -0.39 is 0 Å². The molecule has 0 aliphatic heterocycles. The Morgan fingerprint density at radius 1 is 1.50 bits per heavy atom. The van der Waals surface area contributed by atoms with E-state index in [2.05, 4.69) is 19.6 Å². The fourth-order valence-corrected chi connectivity index (χ4v) is 0. The first kappa shape index (κ1) is 15.7. The van der Waals surface area contributed by atoms with Crippen LogP contribution in [0.5, 0.6) is 0 Å². The Balaban J connectivity index is -0.0000000450. The Hall–Kier alpha value is 1.87. The average molecular weight is 263 g/mol. The van der Waals surface area contributed by atoms with E-state index in [1.807, 2.05) is 0 Å². The summed E-state index contributed by atoms with van der Waals surface area (Å²) < 4.78 is 0. The molecule has 0 aliphatic carbocycles. The molecular formula is C4H10SYb. The second-order valence-corrected chi connectivity index (χ2v) is 1.11. The van der Waals surface area contributed by atoms with Crippen molar-refractivity contribution < 1.29 is 46.9 Å². The van der Waals surface area contributed by atoms with Gasteiger partial charge in [-0.05, 0) is 0 Å². The zero-order valence-corrected chi connectivity index (χ0v) is 6.62. The van der Waals surface area contributed by atoms with E-state index in [0.717, 1.165) is 12.2 Å². The molecule has 0 spiro atoms. The van der Waals surface area contributed by atoms with Gasteiger partial charge in [0.2, 0.25) is 0 Å². The van der Waals surface area contributed by atoms with Crippen LogP contribution in [0.15, 0.2) is 0 Å². The van der Waals surface area contributed by atoms with Gasteiger partial charge < -0.3 is 20.1 Å². The fourth-order valence-electron chi connectivity index (χ4n) is 0. The quantitative estimate of drug-likeness (QED) is 0.509. The van der Waals surface area contributed by atoms with Crippen LogP contribution >= 0.6 is 0 Å². The molecule has 0 aliphatic rings. The molecule has 0 unspecified atom stereocenters. The first-order chi connectivity index (χ1) is 1.91. The molecule has 2 heteroatoms. The van der Waals surface area contributed by atoms with Gasteiger partial charge in [-0.1, -0.05) is 13.3 Å². The van der Waals surface area contributed by atoms with Crippen molar-refractivity contribution in [3.05, 3.63) is 7.43 Å². The molecule has 0 aromatic carbocycles. The van der Waals surface area contributed by atoms with Crippen LogP contribution in [-0.2, 0) is 12.6 Å². The molecule has 0 atom stereocenters. The van der Waals surface area contributed by atoms with Crippen molar-refractivity contribution in [1.82, 2.24) is 0 Å². The van der Waals surface area contributed by atoms with E-state index in [9.17, 15) is 0 Å². The van der Waals surface area contributed by atoms with Gasteiger partial charge in [-0.15, -0.1) is 0 Å². The second kappa shape index (κ2) is 15.8. The summed E-state index contributed by atoms with van der Waals surface area (Å²) in [4.78, 5) is 0. The van der Waals surface area contributed by atoms with Crippen molar-refractivity contribution in [2.75, 3.05) is 5.75 Å². The van der Waals surface area contributed by atoms with Crippen molar-refractivity contribution in [2.45, 2.75) is 13.3 Å². The van der Waals surface area contributed by atoms with Crippen LogP contribution in [0.2, 0.25) is 0 Å². The summed E-state index contributed by atoms with van der Waals surface area (Å²) in [6.07, 6.45) is 1.13. The van der Waals surface area contributed by atoms with Gasteiger partial charge in [-0.25, -0.2) is 0 Å². The largest absolute Gasteiger partial charge is 2.00 e. The predicted octanol–water partition coefficient (Wildman–Crippen LogP) is 1.39. The van der Waals surface area contributed by atoms with Gasteiger partial charge in [-0.2, -0.15) is 5.75 Å². The molecule has 46 valence electrons. The van der Waals surface area contributed by atoms with Gasteiger partial charge in [0.25, 0.3) is 0 Å². The molecule has 0 amide bonds. The first-order valence-electron chi connectivity index (χ1n) is 1.50. The van der Waals surface area contributed by atoms with E-state index in [4.69, 9.17) is 0 Å². The first-order valence-corrected chi connectivity index (χ1v) is 2.07. The van der Waals surface area contributed by atoms with Crippen LogP contribution < -0.4 is 0 Å². The molecule has 0 bridgehead atoms. The summed E-state index contributed by atoms with van der Waals surface area (Å²) in [5, 5.41) is 0. The Morgan fingerprint density at radius 3 is 1.67 bits per heavy atom. The summed E-state index contributed by atoms with van der Waals surface area (Å²) in [6.45, 7) is 2.08. The average Bonchev–Trinajstić information content (AvgIpc) is 1.37. The van der Waals surface area contributed by atoms with Gasteiger partial charge in [0.1, 0.15) is 0 Å². The van der Waals surface area contributed by atoms with Gasteiger partial charge in [-0.3, -0.25) is 0 Å². The van der Waals surface area contributed by atoms with Crippen LogP contribution in [0, 0.1) is 54.4 Å². The third-order valence-electron chi connectivity index (χ3n) is 0.204. The minimum atomic E-state index is 0. The van der Waals surface area contributed by atoms with Crippen LogP contribution in [0.1, 0.15) is 13.3 Å². The number of rotatable bonds is 1. The molecular weight excluding hydrogens is 253 g/mol. The second-order valence-electron chi connectivity index (χ2n) is 0.704. The Labute approximate surface area is 84.7 Å². The minimum Gasteiger partial charge on any atom is -0.793 e. The fraction of sp³-hybridized carbons (Fsp3) is 0.750. The molecule has 0 saturated carbocycles. The maximum Gasteiger partial charge on any atom is 2.00 e. The van der Waals surface area contributed by atoms with E-state index in [0.29, 0.717) is 0 Å². The molecule has 0 saturated heterocycles. The van der Waals surface area contributed by atoms with Crippen LogP contribution in [0.4, 0.5) is 0 Å². The predicted molar refractivity (Wildman–Crippen MR) is 28.9 cm³/mol. The smallest absolute Gasteiger partial charge is 0.793 e. The van der Waals surface area contributed by atoms with E-state index >= 15 is 0 Å². The van der Waals surface area contributed by atoms with E-state index in [1.165, 1.54) is 0 Å². The molecule has 0 aromatic heterocycles. The third kappa shape index (κ3) is 16.9. The minimum absolute atomic E-state index is 0. The molecule has 0 nitrogen and oxygen atoms in total. The van der Waals surface area contributed by atoms with Crippen LogP contribution in [0.25, 0.3) is 0 Å². The van der Waals surface area contributed by atoms with Crippen LogP contribution in [-0.4, -0.2) is 5.75 Å². The molecule has 6 heavy (non-hydrogen) atoms. The molecule has 0 heterocycles. The molecule has 0 radical (unpaired) electrons. The monoisotopic (exact) mass is 264 g/mol. The zero-order valence-electron chi connectivity index (χ0n) is 4.09. The number of hydrogen-bond donors (Lipinski definition) is 0. The summed E-state index contributed by atoms with van der Waals surface area (Å²) >= 11 is 4.55. The number of hydrogen-bond acceptors (Lipinski definition) is 1. The summed E-state index contributed by atoms with van der Waals surface area (Å²) in [7, 11) is 0. The van der Waals surface area contributed by atoms with E-state index in [-0.39, 0.29) is 54.4 Å². The Bertz CT molecular complexity index is 9.51. The standard InChI is InChI=1S/C3H8S.CH3.Yb/c1-2-3-4;;/h4H,2-3H2,1H3;1H3;/q;-1;+2/p-1. The molecule has 0 aromatic rings.